The zero-order chi connectivity index (χ0) is 15.8. The Balaban J connectivity index is 2.42. The fourth-order valence-corrected chi connectivity index (χ4v) is 2.53. The predicted molar refractivity (Wildman–Crippen MR) is 73.7 cm³/mol. The number of hydrogen-bond donors (Lipinski definition) is 2. The Morgan fingerprint density at radius 2 is 2.10 bits per heavy atom. The minimum atomic E-state index is -4.09. The largest absolute Gasteiger partial charge is 0.321 e. The van der Waals surface area contributed by atoms with Crippen LogP contribution in [0.5, 0.6) is 0 Å². The molecular weight excluding hydrogens is 299 g/mol. The standard InChI is InChI=1S/C12H13FN4O3S/c1-7-9(6-17(2)16-7)12(18)15-10-5-8(13)3-4-11(10)21(14,19)20/h3-6H,1-2H3,(H,15,18)(H2,14,19,20). The van der Waals surface area contributed by atoms with E-state index in [-0.39, 0.29) is 16.1 Å². The second kappa shape index (κ2) is 5.26. The summed E-state index contributed by atoms with van der Waals surface area (Å²) in [5.41, 5.74) is 0.497. The van der Waals surface area contributed by atoms with Crippen LogP contribution in [-0.2, 0) is 17.1 Å². The number of primary sulfonamides is 1. The molecule has 0 spiro atoms. The smallest absolute Gasteiger partial charge is 0.259 e. The van der Waals surface area contributed by atoms with Crippen LogP contribution >= 0.6 is 0 Å². The average molecular weight is 312 g/mol. The number of aromatic nitrogens is 2. The number of benzene rings is 1. The number of carbonyl (C=O) groups excluding carboxylic acids is 1. The van der Waals surface area contributed by atoms with E-state index in [1.165, 1.54) is 10.9 Å². The molecule has 9 heteroatoms. The van der Waals surface area contributed by atoms with Gasteiger partial charge >= 0.3 is 0 Å². The number of nitrogens with two attached hydrogens (primary N) is 1. The molecule has 0 bridgehead atoms. The Labute approximate surface area is 120 Å². The van der Waals surface area contributed by atoms with E-state index in [4.69, 9.17) is 5.14 Å². The summed E-state index contributed by atoms with van der Waals surface area (Å²) in [6, 6.07) is 2.84. The first-order valence-electron chi connectivity index (χ1n) is 5.82. The van der Waals surface area contributed by atoms with Gasteiger partial charge in [0.15, 0.2) is 0 Å². The molecule has 7 nitrogen and oxygen atoms in total. The molecule has 1 aromatic carbocycles. The number of halogens is 1. The lowest BCUT2D eigenvalue weighted by molar-refractivity contribution is 0.102. The third kappa shape index (κ3) is 3.26. The Morgan fingerprint density at radius 1 is 1.43 bits per heavy atom. The quantitative estimate of drug-likeness (QED) is 0.872. The van der Waals surface area contributed by atoms with Crippen molar-refractivity contribution in [2.75, 3.05) is 5.32 Å². The Kier molecular flexibility index (Phi) is 3.79. The fraction of sp³-hybridized carbons (Fsp3) is 0.167. The molecule has 0 radical (unpaired) electrons. The number of nitrogens with zero attached hydrogens (tertiary/aromatic N) is 2. The number of hydrogen-bond acceptors (Lipinski definition) is 4. The van der Waals surface area contributed by atoms with Crippen molar-refractivity contribution in [3.05, 3.63) is 41.5 Å². The number of rotatable bonds is 3. The van der Waals surface area contributed by atoms with Crippen LogP contribution in [0.25, 0.3) is 0 Å². The Bertz CT molecular complexity index is 814. The molecular formula is C12H13FN4O3S. The number of aryl methyl sites for hydroxylation is 2. The molecule has 0 aliphatic heterocycles. The fourth-order valence-electron chi connectivity index (χ4n) is 1.86. The molecule has 0 atom stereocenters. The summed E-state index contributed by atoms with van der Waals surface area (Å²) >= 11 is 0. The van der Waals surface area contributed by atoms with E-state index in [0.29, 0.717) is 5.69 Å². The van der Waals surface area contributed by atoms with E-state index in [2.05, 4.69) is 10.4 Å². The van der Waals surface area contributed by atoms with Crippen molar-refractivity contribution in [2.45, 2.75) is 11.8 Å². The maximum atomic E-state index is 13.3. The normalized spacial score (nSPS) is 11.4. The van der Waals surface area contributed by atoms with E-state index in [1.54, 1.807) is 14.0 Å². The highest BCUT2D eigenvalue weighted by Crippen LogP contribution is 2.22. The first-order chi connectivity index (χ1) is 9.68. The van der Waals surface area contributed by atoms with Gasteiger partial charge in [-0.2, -0.15) is 5.10 Å². The van der Waals surface area contributed by atoms with Crippen molar-refractivity contribution in [2.24, 2.45) is 12.2 Å². The molecule has 0 saturated carbocycles. The molecule has 1 heterocycles. The van der Waals surface area contributed by atoms with Crippen molar-refractivity contribution in [1.29, 1.82) is 0 Å². The molecule has 2 rings (SSSR count). The van der Waals surface area contributed by atoms with E-state index in [1.807, 2.05) is 0 Å². The minimum absolute atomic E-state index is 0.217. The first kappa shape index (κ1) is 15.1. The number of amides is 1. The zero-order valence-corrected chi connectivity index (χ0v) is 12.1. The lowest BCUT2D eigenvalue weighted by Crippen LogP contribution is -2.19. The van der Waals surface area contributed by atoms with Gasteiger partial charge in [-0.25, -0.2) is 17.9 Å². The van der Waals surface area contributed by atoms with E-state index < -0.39 is 21.7 Å². The van der Waals surface area contributed by atoms with Crippen molar-refractivity contribution < 1.29 is 17.6 Å². The van der Waals surface area contributed by atoms with E-state index in [0.717, 1.165) is 18.2 Å². The van der Waals surface area contributed by atoms with Gasteiger partial charge in [-0.15, -0.1) is 0 Å². The maximum absolute atomic E-state index is 13.3. The summed E-state index contributed by atoms with van der Waals surface area (Å²) in [5.74, 6) is -1.29. The average Bonchev–Trinajstić information content (AvgIpc) is 2.67. The number of sulfonamides is 1. The lowest BCUT2D eigenvalue weighted by Gasteiger charge is -2.09. The number of anilines is 1. The maximum Gasteiger partial charge on any atom is 0.259 e. The van der Waals surface area contributed by atoms with Crippen molar-refractivity contribution >= 4 is 21.6 Å². The van der Waals surface area contributed by atoms with Gasteiger partial charge in [-0.1, -0.05) is 0 Å². The highest BCUT2D eigenvalue weighted by atomic mass is 32.2. The second-order valence-corrected chi connectivity index (χ2v) is 5.97. The summed E-state index contributed by atoms with van der Waals surface area (Å²) in [7, 11) is -2.44. The summed E-state index contributed by atoms with van der Waals surface area (Å²) in [5, 5.41) is 11.4. The van der Waals surface area contributed by atoms with Gasteiger partial charge in [-0.3, -0.25) is 9.48 Å². The van der Waals surface area contributed by atoms with Crippen molar-refractivity contribution in [3.8, 4) is 0 Å². The van der Waals surface area contributed by atoms with Crippen LogP contribution in [0.1, 0.15) is 16.1 Å². The predicted octanol–water partition coefficient (Wildman–Crippen LogP) is 0.767. The molecule has 3 N–H and O–H groups in total. The summed E-state index contributed by atoms with van der Waals surface area (Å²) < 4.78 is 37.6. The third-order valence-corrected chi connectivity index (χ3v) is 3.72. The molecule has 0 aliphatic carbocycles. The van der Waals surface area contributed by atoms with Crippen molar-refractivity contribution in [1.82, 2.24) is 9.78 Å². The number of carbonyl (C=O) groups is 1. The topological polar surface area (TPSA) is 107 Å². The monoisotopic (exact) mass is 312 g/mol. The van der Waals surface area contributed by atoms with Crippen LogP contribution in [0, 0.1) is 12.7 Å². The molecule has 0 fully saturated rings. The molecule has 1 amide bonds. The van der Waals surface area contributed by atoms with Crippen LogP contribution in [0.15, 0.2) is 29.3 Å². The molecule has 0 unspecified atom stereocenters. The summed E-state index contributed by atoms with van der Waals surface area (Å²) in [6.07, 6.45) is 1.47. The Hall–Kier alpha value is -2.26. The first-order valence-corrected chi connectivity index (χ1v) is 7.37. The molecule has 1 aromatic heterocycles. The van der Waals surface area contributed by atoms with Gasteiger partial charge in [0.2, 0.25) is 10.0 Å². The lowest BCUT2D eigenvalue weighted by atomic mass is 10.2. The van der Waals surface area contributed by atoms with Gasteiger partial charge in [0.05, 0.1) is 16.9 Å². The molecule has 21 heavy (non-hydrogen) atoms. The van der Waals surface area contributed by atoms with Crippen LogP contribution < -0.4 is 10.5 Å². The third-order valence-electron chi connectivity index (χ3n) is 2.75. The van der Waals surface area contributed by atoms with E-state index >= 15 is 0 Å². The summed E-state index contributed by atoms with van der Waals surface area (Å²) in [4.78, 5) is 11.8. The van der Waals surface area contributed by atoms with Gasteiger partial charge in [0.25, 0.3) is 5.91 Å². The molecule has 0 aliphatic rings. The van der Waals surface area contributed by atoms with E-state index in [9.17, 15) is 17.6 Å². The second-order valence-electron chi connectivity index (χ2n) is 4.44. The molecule has 2 aromatic rings. The van der Waals surface area contributed by atoms with Gasteiger partial charge in [0, 0.05) is 13.2 Å². The van der Waals surface area contributed by atoms with Crippen LogP contribution in [0.3, 0.4) is 0 Å². The van der Waals surface area contributed by atoms with Gasteiger partial charge in [-0.05, 0) is 25.1 Å². The summed E-state index contributed by atoms with van der Waals surface area (Å²) in [6.45, 7) is 1.63. The highest BCUT2D eigenvalue weighted by molar-refractivity contribution is 7.89. The SMILES string of the molecule is Cc1nn(C)cc1C(=O)Nc1cc(F)ccc1S(N)(=O)=O. The Morgan fingerprint density at radius 3 is 2.62 bits per heavy atom. The van der Waals surface area contributed by atoms with Crippen LogP contribution in [0.4, 0.5) is 10.1 Å². The highest BCUT2D eigenvalue weighted by Gasteiger charge is 2.19. The number of nitrogens with one attached hydrogen (secondary N) is 1. The molecule has 112 valence electrons. The van der Waals surface area contributed by atoms with Crippen LogP contribution in [-0.4, -0.2) is 24.1 Å². The molecule has 0 saturated heterocycles. The zero-order valence-electron chi connectivity index (χ0n) is 11.3. The minimum Gasteiger partial charge on any atom is -0.321 e. The van der Waals surface area contributed by atoms with Crippen molar-refractivity contribution in [3.63, 3.8) is 0 Å². The van der Waals surface area contributed by atoms with Crippen LogP contribution in [0.2, 0.25) is 0 Å². The van der Waals surface area contributed by atoms with Gasteiger partial charge in [0.1, 0.15) is 10.7 Å². The van der Waals surface area contributed by atoms with Gasteiger partial charge < -0.3 is 5.32 Å².